The minimum atomic E-state index is 0.392. The largest absolute Gasteiger partial charge is 0.454 e. The van der Waals surface area contributed by atoms with E-state index in [4.69, 9.17) is 11.2 Å². The van der Waals surface area contributed by atoms with E-state index in [0.29, 0.717) is 28.8 Å². The summed E-state index contributed by atoms with van der Waals surface area (Å²) in [7, 11) is 0. The first-order chi connectivity index (χ1) is 16.8. The maximum Gasteiger partial charge on any atom is 0.145 e. The molecule has 1 aliphatic rings. The Morgan fingerprint density at radius 3 is 2.91 bits per heavy atom. The summed E-state index contributed by atoms with van der Waals surface area (Å²) in [4.78, 5) is 12.9. The number of terminal acetylenes is 1. The van der Waals surface area contributed by atoms with Gasteiger partial charge in [0.25, 0.3) is 0 Å². The summed E-state index contributed by atoms with van der Waals surface area (Å²) in [6.07, 6.45) is 12.9. The molecule has 1 aliphatic heterocycles. The van der Waals surface area contributed by atoms with Crippen LogP contribution in [0.25, 0.3) is 10.9 Å². The second kappa shape index (κ2) is 10.0. The van der Waals surface area contributed by atoms with Crippen LogP contribution < -0.4 is 15.4 Å². The maximum atomic E-state index is 5.89. The molecule has 166 valence electrons. The molecule has 0 spiro atoms. The van der Waals surface area contributed by atoms with Gasteiger partial charge in [-0.1, -0.05) is 17.8 Å². The number of piperidine rings is 1. The zero-order chi connectivity index (χ0) is 23.2. The molecule has 5 rings (SSSR count). The highest BCUT2D eigenvalue weighted by atomic mass is 16.5. The molecule has 1 unspecified atom stereocenters. The number of nitrogens with one attached hydrogen (secondary N) is 2. The second-order valence-electron chi connectivity index (χ2n) is 8.04. The van der Waals surface area contributed by atoms with Crippen LogP contribution in [0.3, 0.4) is 0 Å². The average molecular weight is 446 g/mol. The van der Waals surface area contributed by atoms with Crippen LogP contribution in [-0.4, -0.2) is 28.0 Å². The van der Waals surface area contributed by atoms with Crippen molar-refractivity contribution in [3.05, 3.63) is 78.4 Å². The number of hydrogen-bond donors (Lipinski definition) is 2. The maximum absolute atomic E-state index is 5.89. The van der Waals surface area contributed by atoms with E-state index in [2.05, 4.69) is 43.3 Å². The van der Waals surface area contributed by atoms with Gasteiger partial charge in [-0.2, -0.15) is 0 Å². The van der Waals surface area contributed by atoms with Gasteiger partial charge in [-0.05, 0) is 67.9 Å². The normalized spacial score (nSPS) is 15.1. The molecule has 6 heteroatoms. The van der Waals surface area contributed by atoms with Gasteiger partial charge >= 0.3 is 0 Å². The molecule has 0 amide bonds. The first-order valence-corrected chi connectivity index (χ1v) is 11.2. The Bertz CT molecular complexity index is 1410. The minimum Gasteiger partial charge on any atom is -0.454 e. The van der Waals surface area contributed by atoms with Crippen LogP contribution in [0.15, 0.2) is 67.3 Å². The van der Waals surface area contributed by atoms with Gasteiger partial charge in [0.05, 0.1) is 17.3 Å². The lowest BCUT2D eigenvalue weighted by atomic mass is 10.00. The molecular formula is C28H23N5O. The lowest BCUT2D eigenvalue weighted by molar-refractivity contribution is 0.449. The highest BCUT2D eigenvalue weighted by Gasteiger charge is 2.11. The van der Waals surface area contributed by atoms with E-state index in [-0.39, 0.29) is 0 Å². The predicted octanol–water partition coefficient (Wildman–Crippen LogP) is 4.89. The predicted molar refractivity (Wildman–Crippen MR) is 134 cm³/mol. The van der Waals surface area contributed by atoms with Crippen molar-refractivity contribution in [3.63, 3.8) is 0 Å². The molecule has 1 fully saturated rings. The highest BCUT2D eigenvalue weighted by Crippen LogP contribution is 2.30. The third-order valence-corrected chi connectivity index (χ3v) is 5.61. The number of fused-ring (bicyclic) bond motifs is 1. The Kier molecular flexibility index (Phi) is 6.34. The molecular weight excluding hydrogens is 422 g/mol. The van der Waals surface area contributed by atoms with Gasteiger partial charge < -0.3 is 15.4 Å². The summed E-state index contributed by atoms with van der Waals surface area (Å²) in [5.41, 5.74) is 3.22. The molecule has 3 heterocycles. The van der Waals surface area contributed by atoms with Crippen molar-refractivity contribution in [2.24, 2.45) is 5.92 Å². The average Bonchev–Trinajstić information content (AvgIpc) is 2.90. The van der Waals surface area contributed by atoms with Crippen molar-refractivity contribution in [1.82, 2.24) is 20.3 Å². The lowest BCUT2D eigenvalue weighted by Crippen LogP contribution is -2.28. The van der Waals surface area contributed by atoms with Crippen LogP contribution in [0.2, 0.25) is 0 Å². The van der Waals surface area contributed by atoms with E-state index >= 15 is 0 Å². The Morgan fingerprint density at radius 1 is 1.12 bits per heavy atom. The van der Waals surface area contributed by atoms with Crippen LogP contribution in [0.5, 0.6) is 11.5 Å². The molecule has 0 aliphatic carbocycles. The molecule has 0 saturated carbocycles. The van der Waals surface area contributed by atoms with Crippen LogP contribution in [-0.2, 0) is 0 Å². The molecule has 2 aromatic heterocycles. The molecule has 6 nitrogen and oxygen atoms in total. The van der Waals surface area contributed by atoms with Crippen LogP contribution >= 0.6 is 0 Å². The van der Waals surface area contributed by atoms with E-state index in [9.17, 15) is 0 Å². The SMILES string of the molecule is C#Cc1cc(Nc2ncnc3ccc(C#CC4CCCNC4)cc23)ccc1Oc1cccnc1. The lowest BCUT2D eigenvalue weighted by Gasteiger charge is -2.17. The summed E-state index contributed by atoms with van der Waals surface area (Å²) in [5.74, 6) is 11.7. The van der Waals surface area contributed by atoms with Crippen molar-refractivity contribution in [2.75, 3.05) is 18.4 Å². The van der Waals surface area contributed by atoms with E-state index in [1.165, 1.54) is 6.42 Å². The minimum absolute atomic E-state index is 0.392. The number of ether oxygens (including phenoxy) is 1. The quantitative estimate of drug-likeness (QED) is 0.436. The van der Waals surface area contributed by atoms with Crippen molar-refractivity contribution < 1.29 is 4.74 Å². The number of rotatable bonds is 4. The zero-order valence-electron chi connectivity index (χ0n) is 18.6. The van der Waals surface area contributed by atoms with Gasteiger partial charge in [-0.15, -0.1) is 6.42 Å². The Morgan fingerprint density at radius 2 is 2.09 bits per heavy atom. The molecule has 2 N–H and O–H groups in total. The van der Waals surface area contributed by atoms with Gasteiger partial charge in [0, 0.05) is 35.3 Å². The number of anilines is 2. The standard InChI is InChI=1S/C28H23N5O/c1-2-22-16-23(10-12-27(22)34-24-6-4-14-30-18-24)33-28-25-15-20(9-11-26(25)31-19-32-28)7-8-21-5-3-13-29-17-21/h1,4,6,9-12,14-16,18-19,21,29H,3,5,13,17H2,(H,31,32,33). The van der Waals surface area contributed by atoms with E-state index < -0.39 is 0 Å². The van der Waals surface area contributed by atoms with Crippen molar-refractivity contribution in [1.29, 1.82) is 0 Å². The fourth-order valence-corrected chi connectivity index (χ4v) is 3.88. The molecule has 1 atom stereocenters. The molecule has 34 heavy (non-hydrogen) atoms. The second-order valence-corrected chi connectivity index (χ2v) is 8.04. The van der Waals surface area contributed by atoms with E-state index in [1.807, 2.05) is 48.5 Å². The van der Waals surface area contributed by atoms with E-state index in [1.54, 1.807) is 18.7 Å². The molecule has 2 aromatic carbocycles. The van der Waals surface area contributed by atoms with Crippen molar-refractivity contribution in [2.45, 2.75) is 12.8 Å². The molecule has 4 aromatic rings. The first kappa shape index (κ1) is 21.5. The Balaban J connectivity index is 1.41. The topological polar surface area (TPSA) is 72.0 Å². The van der Waals surface area contributed by atoms with Crippen LogP contribution in [0.4, 0.5) is 11.5 Å². The van der Waals surface area contributed by atoms with Crippen LogP contribution in [0.1, 0.15) is 24.0 Å². The van der Waals surface area contributed by atoms with Gasteiger partial charge in [-0.3, -0.25) is 4.98 Å². The van der Waals surface area contributed by atoms with Gasteiger partial charge in [-0.25, -0.2) is 9.97 Å². The van der Waals surface area contributed by atoms with Gasteiger partial charge in [0.2, 0.25) is 0 Å². The fraction of sp³-hybridized carbons (Fsp3) is 0.179. The number of hydrogen-bond acceptors (Lipinski definition) is 6. The summed E-state index contributed by atoms with van der Waals surface area (Å²) in [5, 5.41) is 7.68. The number of nitrogens with zero attached hydrogens (tertiary/aromatic N) is 3. The molecule has 0 radical (unpaired) electrons. The summed E-state index contributed by atoms with van der Waals surface area (Å²) in [6.45, 7) is 2.03. The van der Waals surface area contributed by atoms with Gasteiger partial charge in [0.15, 0.2) is 0 Å². The zero-order valence-corrected chi connectivity index (χ0v) is 18.6. The number of benzene rings is 2. The molecule has 1 saturated heterocycles. The third-order valence-electron chi connectivity index (χ3n) is 5.61. The fourth-order valence-electron chi connectivity index (χ4n) is 3.88. The highest BCUT2D eigenvalue weighted by molar-refractivity contribution is 5.91. The first-order valence-electron chi connectivity index (χ1n) is 11.2. The smallest absolute Gasteiger partial charge is 0.145 e. The Hall–Kier alpha value is -4.39. The Labute approximate surface area is 198 Å². The summed E-state index contributed by atoms with van der Waals surface area (Å²) in [6, 6.07) is 15.3. The molecule has 0 bridgehead atoms. The van der Waals surface area contributed by atoms with Crippen molar-refractivity contribution >= 4 is 22.4 Å². The van der Waals surface area contributed by atoms with Crippen LogP contribution in [0, 0.1) is 30.1 Å². The van der Waals surface area contributed by atoms with Crippen molar-refractivity contribution in [3.8, 4) is 35.7 Å². The number of aromatic nitrogens is 3. The third kappa shape index (κ3) is 4.99. The monoisotopic (exact) mass is 445 g/mol. The van der Waals surface area contributed by atoms with E-state index in [0.717, 1.165) is 41.7 Å². The number of pyridine rings is 1. The summed E-state index contributed by atoms with van der Waals surface area (Å²) < 4.78 is 5.89. The van der Waals surface area contributed by atoms with Gasteiger partial charge in [0.1, 0.15) is 23.6 Å². The summed E-state index contributed by atoms with van der Waals surface area (Å²) >= 11 is 0.